The van der Waals surface area contributed by atoms with Crippen molar-refractivity contribution in [1.29, 1.82) is 0 Å². The Morgan fingerprint density at radius 3 is 2.64 bits per heavy atom. The van der Waals surface area contributed by atoms with E-state index in [9.17, 15) is 20.1 Å². The van der Waals surface area contributed by atoms with E-state index in [1.807, 2.05) is 19.9 Å². The predicted octanol–water partition coefficient (Wildman–Crippen LogP) is 1.84. The molecule has 0 spiro atoms. The molecule has 1 heterocycles. The van der Waals surface area contributed by atoms with Crippen LogP contribution in [0.1, 0.15) is 30.7 Å². The zero-order valence-corrected chi connectivity index (χ0v) is 14.5. The fraction of sp³-hybridized carbons (Fsp3) is 0.421. The molecule has 3 N–H and O–H groups in total. The summed E-state index contributed by atoms with van der Waals surface area (Å²) in [5.41, 5.74) is 1.73. The van der Waals surface area contributed by atoms with Crippen LogP contribution in [0.2, 0.25) is 0 Å². The van der Waals surface area contributed by atoms with Gasteiger partial charge in [-0.3, -0.25) is 4.79 Å². The van der Waals surface area contributed by atoms with Gasteiger partial charge >= 0.3 is 0 Å². The van der Waals surface area contributed by atoms with Crippen molar-refractivity contribution in [1.82, 2.24) is 0 Å². The minimum atomic E-state index is -1.02. The summed E-state index contributed by atoms with van der Waals surface area (Å²) in [5, 5.41) is 30.4. The lowest BCUT2D eigenvalue weighted by Crippen LogP contribution is -2.37. The summed E-state index contributed by atoms with van der Waals surface area (Å²) >= 11 is 0. The molecule has 2 aromatic rings. The molecule has 134 valence electrons. The van der Waals surface area contributed by atoms with E-state index in [4.69, 9.17) is 9.15 Å². The average molecular weight is 346 g/mol. The number of allylic oxidation sites excluding steroid dienone is 2. The first-order valence-corrected chi connectivity index (χ1v) is 8.20. The van der Waals surface area contributed by atoms with E-state index >= 15 is 0 Å². The van der Waals surface area contributed by atoms with Crippen LogP contribution in [0.15, 0.2) is 26.9 Å². The third-order valence-electron chi connectivity index (χ3n) is 4.59. The van der Waals surface area contributed by atoms with Gasteiger partial charge in [0.2, 0.25) is 0 Å². The smallest absolute Gasteiger partial charge is 0.200 e. The molecule has 6 nitrogen and oxygen atoms in total. The lowest BCUT2D eigenvalue weighted by atomic mass is 9.90. The monoisotopic (exact) mass is 346 g/mol. The molecule has 0 radical (unpaired) electrons. The molecule has 0 saturated carbocycles. The number of rotatable bonds is 3. The summed E-state index contributed by atoms with van der Waals surface area (Å²) < 4.78 is 11.1. The van der Waals surface area contributed by atoms with Gasteiger partial charge in [0.05, 0.1) is 19.3 Å². The average Bonchev–Trinajstić information content (AvgIpc) is 2.55. The highest BCUT2D eigenvalue weighted by Crippen LogP contribution is 2.37. The van der Waals surface area contributed by atoms with Crippen LogP contribution in [0.5, 0.6) is 11.5 Å². The first-order valence-electron chi connectivity index (χ1n) is 8.20. The quantitative estimate of drug-likeness (QED) is 0.733. The molecule has 0 aliphatic heterocycles. The molecule has 2 atom stereocenters. The Hall–Kier alpha value is -2.31. The maximum atomic E-state index is 12.9. The van der Waals surface area contributed by atoms with Crippen LogP contribution in [0.25, 0.3) is 11.0 Å². The lowest BCUT2D eigenvalue weighted by Gasteiger charge is -2.24. The number of aromatic hydroxyl groups is 1. The number of aliphatic hydroxyl groups excluding tert-OH is 2. The van der Waals surface area contributed by atoms with Gasteiger partial charge in [-0.15, -0.1) is 0 Å². The Balaban J connectivity index is 2.27. The summed E-state index contributed by atoms with van der Waals surface area (Å²) in [5.74, 6) is 0.611. The summed E-state index contributed by atoms with van der Waals surface area (Å²) in [7, 11) is 1.49. The fourth-order valence-electron chi connectivity index (χ4n) is 3.16. The first-order chi connectivity index (χ1) is 11.8. The normalized spacial score (nSPS) is 19.6. The Morgan fingerprint density at radius 2 is 2.00 bits per heavy atom. The molecule has 1 aliphatic carbocycles. The summed E-state index contributed by atoms with van der Waals surface area (Å²) in [6, 6.07) is 1.59. The highest BCUT2D eigenvalue weighted by molar-refractivity contribution is 5.87. The maximum absolute atomic E-state index is 12.9. The molecule has 3 rings (SSSR count). The number of hydrogen-bond acceptors (Lipinski definition) is 6. The molecule has 1 aliphatic rings. The van der Waals surface area contributed by atoms with Gasteiger partial charge in [0.15, 0.2) is 5.43 Å². The first kappa shape index (κ1) is 17.5. The second-order valence-electron chi connectivity index (χ2n) is 6.64. The van der Waals surface area contributed by atoms with Crippen molar-refractivity contribution in [3.8, 4) is 11.5 Å². The van der Waals surface area contributed by atoms with Gasteiger partial charge in [-0.05, 0) is 20.3 Å². The van der Waals surface area contributed by atoms with E-state index in [0.717, 1.165) is 5.57 Å². The van der Waals surface area contributed by atoms with Crippen LogP contribution < -0.4 is 10.2 Å². The van der Waals surface area contributed by atoms with Gasteiger partial charge in [-0.2, -0.15) is 0 Å². The third kappa shape index (κ3) is 3.03. The van der Waals surface area contributed by atoms with Crippen molar-refractivity contribution in [3.05, 3.63) is 44.8 Å². The van der Waals surface area contributed by atoms with Gasteiger partial charge < -0.3 is 24.5 Å². The van der Waals surface area contributed by atoms with E-state index < -0.39 is 12.2 Å². The van der Waals surface area contributed by atoms with E-state index in [1.54, 1.807) is 6.07 Å². The van der Waals surface area contributed by atoms with E-state index in [0.29, 0.717) is 29.1 Å². The van der Waals surface area contributed by atoms with Crippen LogP contribution >= 0.6 is 0 Å². The van der Waals surface area contributed by atoms with E-state index in [1.165, 1.54) is 7.11 Å². The summed E-state index contributed by atoms with van der Waals surface area (Å²) in [4.78, 5) is 12.9. The number of phenols is 1. The number of aliphatic hydroxyl groups is 2. The minimum Gasteiger partial charge on any atom is -0.507 e. The Kier molecular flexibility index (Phi) is 4.58. The predicted molar refractivity (Wildman–Crippen MR) is 93.3 cm³/mol. The summed E-state index contributed by atoms with van der Waals surface area (Å²) in [6.07, 6.45) is 0.432. The molecule has 6 heteroatoms. The van der Waals surface area contributed by atoms with Crippen LogP contribution in [0.4, 0.5) is 0 Å². The molecule has 1 aromatic heterocycles. The van der Waals surface area contributed by atoms with Gasteiger partial charge in [0.25, 0.3) is 0 Å². The summed E-state index contributed by atoms with van der Waals surface area (Å²) in [6.45, 7) is 3.89. The molecule has 0 amide bonds. The number of fused-ring (bicyclic) bond motifs is 2. The highest BCUT2D eigenvalue weighted by atomic mass is 16.5. The van der Waals surface area contributed by atoms with E-state index in [-0.39, 0.29) is 35.0 Å². The topological polar surface area (TPSA) is 100 Å². The number of methoxy groups -OCH3 is 1. The molecule has 0 bridgehead atoms. The minimum absolute atomic E-state index is 0.00352. The van der Waals surface area contributed by atoms with Gasteiger partial charge in [0.1, 0.15) is 28.2 Å². The molecule has 25 heavy (non-hydrogen) atoms. The Labute approximate surface area is 145 Å². The SMILES string of the molecule is COc1cc2oc3c(c(=O)c2c(O)c1CC=C(C)C)CC(O)C(O)C3. The third-order valence-corrected chi connectivity index (χ3v) is 4.59. The maximum Gasteiger partial charge on any atom is 0.200 e. The highest BCUT2D eigenvalue weighted by Gasteiger charge is 2.31. The standard InChI is InChI=1S/C19H22O6/c1-9(2)4-5-10-14(24-3)8-16-17(18(10)22)19(23)11-6-12(20)13(21)7-15(11)25-16/h4,8,12-13,20-22H,5-7H2,1-3H3. The molecule has 2 unspecified atom stereocenters. The van der Waals surface area contributed by atoms with Crippen LogP contribution in [-0.4, -0.2) is 34.6 Å². The molecular weight excluding hydrogens is 324 g/mol. The number of benzene rings is 1. The number of phenolic OH excluding ortho intramolecular Hbond substituents is 1. The van der Waals surface area contributed by atoms with Crippen molar-refractivity contribution in [3.63, 3.8) is 0 Å². The molecule has 0 fully saturated rings. The van der Waals surface area contributed by atoms with Crippen LogP contribution in [0, 0.1) is 0 Å². The van der Waals surface area contributed by atoms with Gasteiger partial charge in [0, 0.05) is 30.0 Å². The van der Waals surface area contributed by atoms with Crippen LogP contribution in [-0.2, 0) is 19.3 Å². The molecule has 0 saturated heterocycles. The zero-order chi connectivity index (χ0) is 18.3. The second-order valence-corrected chi connectivity index (χ2v) is 6.64. The number of ether oxygens (including phenoxy) is 1. The van der Waals surface area contributed by atoms with Crippen molar-refractivity contribution < 1.29 is 24.5 Å². The molecule has 1 aromatic carbocycles. The number of hydrogen-bond donors (Lipinski definition) is 3. The van der Waals surface area contributed by atoms with E-state index in [2.05, 4.69) is 0 Å². The van der Waals surface area contributed by atoms with Gasteiger partial charge in [-0.1, -0.05) is 11.6 Å². The van der Waals surface area contributed by atoms with Crippen molar-refractivity contribution in [2.45, 2.75) is 45.3 Å². The molecular formula is C19H22O6. The van der Waals surface area contributed by atoms with Crippen molar-refractivity contribution in [2.24, 2.45) is 0 Å². The van der Waals surface area contributed by atoms with Crippen molar-refractivity contribution >= 4 is 11.0 Å². The fourth-order valence-corrected chi connectivity index (χ4v) is 3.16. The largest absolute Gasteiger partial charge is 0.507 e. The second kappa shape index (κ2) is 6.54. The zero-order valence-electron chi connectivity index (χ0n) is 14.5. The van der Waals surface area contributed by atoms with Crippen LogP contribution in [0.3, 0.4) is 0 Å². The van der Waals surface area contributed by atoms with Gasteiger partial charge in [-0.25, -0.2) is 0 Å². The van der Waals surface area contributed by atoms with Crippen molar-refractivity contribution in [2.75, 3.05) is 7.11 Å². The lowest BCUT2D eigenvalue weighted by molar-refractivity contribution is 0.00936. The Morgan fingerprint density at radius 1 is 1.32 bits per heavy atom. The Bertz CT molecular complexity index is 904.